The number of aromatic amines is 2. The van der Waals surface area contributed by atoms with Crippen LogP contribution in [0.5, 0.6) is 0 Å². The van der Waals surface area contributed by atoms with Crippen LogP contribution in [0.15, 0.2) is 37.4 Å². The predicted octanol–water partition coefficient (Wildman–Crippen LogP) is -0.365. The molecule has 0 fully saturated rings. The number of H-pyrrole nitrogens is 2. The molecule has 2 aromatic heterocycles. The molecule has 0 radical (unpaired) electrons. The summed E-state index contributed by atoms with van der Waals surface area (Å²) in [5.41, 5.74) is 0. The average Bonchev–Trinajstić information content (AvgIpc) is 2.88. The second-order valence-electron chi connectivity index (χ2n) is 3.31. The average molecular weight is 208 g/mol. The molecular formula is C10H16N4O+2. The van der Waals surface area contributed by atoms with Gasteiger partial charge in [-0.25, -0.2) is 9.13 Å². The quantitative estimate of drug-likeness (QED) is 0.494. The summed E-state index contributed by atoms with van der Waals surface area (Å²) < 4.78 is 9.63. The first-order valence-corrected chi connectivity index (χ1v) is 5.06. The summed E-state index contributed by atoms with van der Waals surface area (Å²) in [6, 6.07) is 0. The van der Waals surface area contributed by atoms with Crippen LogP contribution in [0.25, 0.3) is 0 Å². The summed E-state index contributed by atoms with van der Waals surface area (Å²) in [5.74, 6) is 0. The maximum atomic E-state index is 5.51. The van der Waals surface area contributed by atoms with E-state index in [9.17, 15) is 0 Å². The van der Waals surface area contributed by atoms with E-state index in [1.807, 2.05) is 37.4 Å². The highest BCUT2D eigenvalue weighted by Crippen LogP contribution is 1.78. The third-order valence-electron chi connectivity index (χ3n) is 2.19. The van der Waals surface area contributed by atoms with Gasteiger partial charge in [-0.2, -0.15) is 0 Å². The fraction of sp³-hybridized carbons (Fsp3) is 0.400. The summed E-state index contributed by atoms with van der Waals surface area (Å²) in [6.07, 6.45) is 11.6. The SMILES string of the molecule is c1c[n+](CCOCC[n+]2cc[nH]c2)c[nH]1. The Labute approximate surface area is 88.3 Å². The third kappa shape index (κ3) is 3.21. The Bertz CT molecular complexity index is 318. The van der Waals surface area contributed by atoms with Crippen molar-refractivity contribution in [2.75, 3.05) is 13.2 Å². The molecule has 0 saturated heterocycles. The zero-order valence-electron chi connectivity index (χ0n) is 8.60. The van der Waals surface area contributed by atoms with Gasteiger partial charge in [0.25, 0.3) is 0 Å². The summed E-state index contributed by atoms with van der Waals surface area (Å²) in [4.78, 5) is 5.98. The molecule has 80 valence electrons. The monoisotopic (exact) mass is 208 g/mol. The maximum Gasteiger partial charge on any atom is 0.241 e. The molecule has 15 heavy (non-hydrogen) atoms. The Balaban J connectivity index is 1.56. The predicted molar refractivity (Wildman–Crippen MR) is 52.8 cm³/mol. The van der Waals surface area contributed by atoms with Crippen LogP contribution in [-0.2, 0) is 17.8 Å². The fourth-order valence-corrected chi connectivity index (χ4v) is 1.36. The molecule has 0 spiro atoms. The molecule has 2 rings (SSSR count). The normalized spacial score (nSPS) is 10.7. The van der Waals surface area contributed by atoms with Crippen molar-refractivity contribution in [3.63, 3.8) is 0 Å². The maximum absolute atomic E-state index is 5.51. The van der Waals surface area contributed by atoms with E-state index in [4.69, 9.17) is 4.74 Å². The smallest absolute Gasteiger partial charge is 0.241 e. The van der Waals surface area contributed by atoms with Crippen LogP contribution in [-0.4, -0.2) is 23.2 Å². The van der Waals surface area contributed by atoms with E-state index < -0.39 is 0 Å². The lowest BCUT2D eigenvalue weighted by Crippen LogP contribution is -2.36. The van der Waals surface area contributed by atoms with Gasteiger partial charge in [0, 0.05) is 0 Å². The van der Waals surface area contributed by atoms with E-state index in [0.29, 0.717) is 0 Å². The zero-order chi connectivity index (χ0) is 10.3. The Kier molecular flexibility index (Phi) is 3.51. The van der Waals surface area contributed by atoms with Gasteiger partial charge in [-0.1, -0.05) is 0 Å². The van der Waals surface area contributed by atoms with Crippen LogP contribution in [0.3, 0.4) is 0 Å². The minimum atomic E-state index is 0.744. The number of nitrogens with zero attached hydrogens (tertiary/aromatic N) is 2. The van der Waals surface area contributed by atoms with E-state index in [1.54, 1.807) is 0 Å². The molecule has 0 amide bonds. The number of aromatic nitrogens is 4. The van der Waals surface area contributed by atoms with Crippen molar-refractivity contribution in [1.29, 1.82) is 0 Å². The van der Waals surface area contributed by atoms with Gasteiger partial charge in [0.15, 0.2) is 0 Å². The van der Waals surface area contributed by atoms with Crippen LogP contribution in [0.4, 0.5) is 0 Å². The first-order chi connectivity index (χ1) is 7.45. The van der Waals surface area contributed by atoms with Crippen molar-refractivity contribution in [3.05, 3.63) is 37.4 Å². The molecule has 0 saturated carbocycles. The highest BCUT2D eigenvalue weighted by atomic mass is 16.5. The summed E-state index contributed by atoms with van der Waals surface area (Å²) in [5, 5.41) is 0. The van der Waals surface area contributed by atoms with Crippen molar-refractivity contribution in [1.82, 2.24) is 9.97 Å². The number of rotatable bonds is 6. The zero-order valence-corrected chi connectivity index (χ0v) is 8.60. The Hall–Kier alpha value is -1.62. The first kappa shape index (κ1) is 9.92. The van der Waals surface area contributed by atoms with E-state index in [2.05, 4.69) is 19.1 Å². The van der Waals surface area contributed by atoms with Crippen molar-refractivity contribution in [3.8, 4) is 0 Å². The molecule has 0 aliphatic carbocycles. The molecule has 2 N–H and O–H groups in total. The topological polar surface area (TPSA) is 48.6 Å². The van der Waals surface area contributed by atoms with E-state index in [0.717, 1.165) is 26.3 Å². The minimum Gasteiger partial charge on any atom is -0.373 e. The van der Waals surface area contributed by atoms with Crippen molar-refractivity contribution < 1.29 is 13.9 Å². The lowest BCUT2D eigenvalue weighted by Gasteiger charge is -2.00. The van der Waals surface area contributed by atoms with Gasteiger partial charge in [0.05, 0.1) is 13.2 Å². The van der Waals surface area contributed by atoms with Crippen LogP contribution >= 0.6 is 0 Å². The summed E-state index contributed by atoms with van der Waals surface area (Å²) >= 11 is 0. The molecule has 5 nitrogen and oxygen atoms in total. The lowest BCUT2D eigenvalue weighted by atomic mass is 10.6. The van der Waals surface area contributed by atoms with Crippen LogP contribution in [0, 0.1) is 0 Å². The minimum absolute atomic E-state index is 0.744. The molecule has 5 heteroatoms. The molecule has 2 aromatic rings. The molecule has 0 aliphatic heterocycles. The third-order valence-corrected chi connectivity index (χ3v) is 2.19. The van der Waals surface area contributed by atoms with Crippen molar-refractivity contribution in [2.24, 2.45) is 0 Å². The second-order valence-corrected chi connectivity index (χ2v) is 3.31. The number of ether oxygens (including phenoxy) is 1. The van der Waals surface area contributed by atoms with Crippen LogP contribution in [0.1, 0.15) is 0 Å². The van der Waals surface area contributed by atoms with Gasteiger partial charge >= 0.3 is 0 Å². The molecule has 2 heterocycles. The molecular weight excluding hydrogens is 192 g/mol. The summed E-state index contributed by atoms with van der Waals surface area (Å²) in [7, 11) is 0. The molecule has 0 unspecified atom stereocenters. The Morgan fingerprint density at radius 3 is 1.80 bits per heavy atom. The highest BCUT2D eigenvalue weighted by Gasteiger charge is 1.98. The largest absolute Gasteiger partial charge is 0.373 e. The van der Waals surface area contributed by atoms with Gasteiger partial charge in [0.2, 0.25) is 12.7 Å². The molecule has 0 atom stereocenters. The standard InChI is InChI=1S/C10H14N4O/c1-3-13(9-11-1)5-7-15-8-6-14-4-2-12-10-14/h1-4,9-10H,5-8H2/p+2. The van der Waals surface area contributed by atoms with Gasteiger partial charge in [-0.05, 0) is 0 Å². The number of nitrogens with one attached hydrogen (secondary N) is 2. The van der Waals surface area contributed by atoms with Gasteiger partial charge < -0.3 is 4.74 Å². The van der Waals surface area contributed by atoms with Gasteiger partial charge in [-0.3, -0.25) is 9.97 Å². The molecule has 0 bridgehead atoms. The van der Waals surface area contributed by atoms with Crippen molar-refractivity contribution >= 4 is 0 Å². The van der Waals surface area contributed by atoms with Gasteiger partial charge in [-0.15, -0.1) is 0 Å². The van der Waals surface area contributed by atoms with E-state index >= 15 is 0 Å². The number of imidazole rings is 2. The fourth-order valence-electron chi connectivity index (χ4n) is 1.36. The molecule has 0 aliphatic rings. The Morgan fingerprint density at radius 2 is 1.40 bits per heavy atom. The summed E-state index contributed by atoms with van der Waals surface area (Å²) in [6.45, 7) is 3.27. The first-order valence-electron chi connectivity index (χ1n) is 5.06. The van der Waals surface area contributed by atoms with Crippen LogP contribution < -0.4 is 9.13 Å². The lowest BCUT2D eigenvalue weighted by molar-refractivity contribution is -0.704. The van der Waals surface area contributed by atoms with E-state index in [1.165, 1.54) is 0 Å². The van der Waals surface area contributed by atoms with Gasteiger partial charge in [0.1, 0.15) is 37.9 Å². The Morgan fingerprint density at radius 1 is 0.867 bits per heavy atom. The van der Waals surface area contributed by atoms with Crippen LogP contribution in [0.2, 0.25) is 0 Å². The van der Waals surface area contributed by atoms with Crippen molar-refractivity contribution in [2.45, 2.75) is 13.1 Å². The number of hydrogen-bond donors (Lipinski definition) is 2. The van der Waals surface area contributed by atoms with E-state index in [-0.39, 0.29) is 0 Å². The number of hydrogen-bond acceptors (Lipinski definition) is 1. The molecule has 0 aromatic carbocycles. The highest BCUT2D eigenvalue weighted by molar-refractivity contribution is 4.56. The second kappa shape index (κ2) is 5.31.